The van der Waals surface area contributed by atoms with Crippen LogP contribution in [0.25, 0.3) is 0 Å². The number of benzene rings is 2. The van der Waals surface area contributed by atoms with Crippen molar-refractivity contribution < 1.29 is 19.5 Å². The van der Waals surface area contributed by atoms with Gasteiger partial charge in [0.15, 0.2) is 6.04 Å². The number of carbonyl (C=O) groups excluding carboxylic acids is 2. The molecule has 0 radical (unpaired) electrons. The van der Waals surface area contributed by atoms with Gasteiger partial charge in [-0.1, -0.05) is 36.4 Å². The van der Waals surface area contributed by atoms with Crippen molar-refractivity contribution in [2.75, 3.05) is 18.0 Å². The normalized spacial score (nSPS) is 14.7. The van der Waals surface area contributed by atoms with Crippen molar-refractivity contribution in [3.63, 3.8) is 0 Å². The summed E-state index contributed by atoms with van der Waals surface area (Å²) in [5.74, 6) is -1.64. The van der Waals surface area contributed by atoms with Gasteiger partial charge in [0, 0.05) is 24.3 Å². The quantitative estimate of drug-likeness (QED) is 0.766. The molecule has 26 heavy (non-hydrogen) atoms. The molecule has 1 saturated heterocycles. The number of carboxylic acid groups (broad SMARTS) is 1. The number of aliphatic carboxylic acids is 1. The van der Waals surface area contributed by atoms with Gasteiger partial charge in [-0.25, -0.2) is 9.59 Å². The van der Waals surface area contributed by atoms with Crippen LogP contribution in [0.4, 0.5) is 10.5 Å². The SMILES string of the molecule is Cc1c(C(=O)N[C@H](C(=O)O)c2ccccc2)cccc1N1CCNC1=O. The Morgan fingerprint density at radius 3 is 2.50 bits per heavy atom. The highest BCUT2D eigenvalue weighted by Gasteiger charge is 2.26. The number of carboxylic acids is 1. The van der Waals surface area contributed by atoms with Crippen molar-refractivity contribution in [1.82, 2.24) is 10.6 Å². The molecule has 0 bridgehead atoms. The van der Waals surface area contributed by atoms with Gasteiger partial charge in [-0.05, 0) is 30.2 Å². The van der Waals surface area contributed by atoms with E-state index in [1.807, 2.05) is 0 Å². The average molecular weight is 353 g/mol. The van der Waals surface area contributed by atoms with E-state index in [1.165, 1.54) is 0 Å². The minimum Gasteiger partial charge on any atom is -0.479 e. The maximum Gasteiger partial charge on any atom is 0.330 e. The number of rotatable bonds is 5. The number of urea groups is 1. The average Bonchev–Trinajstić information content (AvgIpc) is 3.06. The van der Waals surface area contributed by atoms with Crippen LogP contribution in [0.15, 0.2) is 48.5 Å². The van der Waals surface area contributed by atoms with Crippen LogP contribution in [0.1, 0.15) is 27.5 Å². The number of nitrogens with zero attached hydrogens (tertiary/aromatic N) is 1. The topological polar surface area (TPSA) is 98.7 Å². The second-order valence-electron chi connectivity index (χ2n) is 5.99. The third-order valence-electron chi connectivity index (χ3n) is 4.35. The van der Waals surface area contributed by atoms with Crippen LogP contribution in [0, 0.1) is 6.92 Å². The predicted octanol–water partition coefficient (Wildman–Crippen LogP) is 2.08. The summed E-state index contributed by atoms with van der Waals surface area (Å²) in [5.41, 5.74) is 2.09. The van der Waals surface area contributed by atoms with Crippen LogP contribution in [0.5, 0.6) is 0 Å². The van der Waals surface area contributed by atoms with Gasteiger partial charge in [0.2, 0.25) is 0 Å². The van der Waals surface area contributed by atoms with Gasteiger partial charge >= 0.3 is 12.0 Å². The van der Waals surface area contributed by atoms with Crippen LogP contribution in [-0.4, -0.2) is 36.1 Å². The number of anilines is 1. The third kappa shape index (κ3) is 3.37. The molecule has 0 unspecified atom stereocenters. The van der Waals surface area contributed by atoms with Gasteiger partial charge in [0.1, 0.15) is 0 Å². The number of carbonyl (C=O) groups is 3. The summed E-state index contributed by atoms with van der Waals surface area (Å²) in [6.45, 7) is 2.81. The lowest BCUT2D eigenvalue weighted by Gasteiger charge is -2.20. The first-order valence-corrected chi connectivity index (χ1v) is 8.22. The Kier molecular flexibility index (Phi) is 4.88. The van der Waals surface area contributed by atoms with E-state index in [2.05, 4.69) is 10.6 Å². The van der Waals surface area contributed by atoms with Crippen molar-refractivity contribution in [2.45, 2.75) is 13.0 Å². The molecule has 2 aromatic carbocycles. The highest BCUT2D eigenvalue weighted by molar-refractivity contribution is 6.01. The first-order chi connectivity index (χ1) is 12.5. The zero-order valence-electron chi connectivity index (χ0n) is 14.2. The second kappa shape index (κ2) is 7.26. The van der Waals surface area contributed by atoms with Crippen LogP contribution in [0.3, 0.4) is 0 Å². The van der Waals surface area contributed by atoms with E-state index >= 15 is 0 Å². The number of hydrogen-bond acceptors (Lipinski definition) is 3. The molecule has 1 heterocycles. The van der Waals surface area contributed by atoms with E-state index < -0.39 is 17.9 Å². The summed E-state index contributed by atoms with van der Waals surface area (Å²) < 4.78 is 0. The molecule has 3 amide bonds. The van der Waals surface area contributed by atoms with E-state index in [9.17, 15) is 19.5 Å². The minimum atomic E-state index is -1.15. The van der Waals surface area contributed by atoms with Crippen molar-refractivity contribution >= 4 is 23.6 Å². The highest BCUT2D eigenvalue weighted by atomic mass is 16.4. The van der Waals surface area contributed by atoms with Crippen LogP contribution >= 0.6 is 0 Å². The zero-order valence-corrected chi connectivity index (χ0v) is 14.2. The molecule has 0 saturated carbocycles. The third-order valence-corrected chi connectivity index (χ3v) is 4.35. The summed E-state index contributed by atoms with van der Waals surface area (Å²) >= 11 is 0. The standard InChI is InChI=1S/C19H19N3O4/c1-12-14(8-5-9-15(12)22-11-10-20-19(22)26)17(23)21-16(18(24)25)13-6-3-2-4-7-13/h2-9,16H,10-11H2,1H3,(H,20,26)(H,21,23)(H,24,25)/t16-/m0/s1. The molecule has 3 N–H and O–H groups in total. The van der Waals surface area contributed by atoms with E-state index in [0.29, 0.717) is 35.5 Å². The van der Waals surface area contributed by atoms with Crippen LogP contribution in [0.2, 0.25) is 0 Å². The molecule has 0 aromatic heterocycles. The Hall–Kier alpha value is -3.35. The lowest BCUT2D eigenvalue weighted by atomic mass is 10.0. The lowest BCUT2D eigenvalue weighted by Crippen LogP contribution is -2.34. The molecule has 134 valence electrons. The maximum atomic E-state index is 12.7. The Morgan fingerprint density at radius 2 is 1.88 bits per heavy atom. The molecule has 3 rings (SSSR count). The van der Waals surface area contributed by atoms with Crippen molar-refractivity contribution in [3.05, 3.63) is 65.2 Å². The zero-order chi connectivity index (χ0) is 18.7. The van der Waals surface area contributed by atoms with Gasteiger partial charge in [0.05, 0.1) is 0 Å². The molecule has 1 aliphatic heterocycles. The van der Waals surface area contributed by atoms with Gasteiger partial charge in [-0.15, -0.1) is 0 Å². The van der Waals surface area contributed by atoms with Crippen molar-refractivity contribution in [2.24, 2.45) is 0 Å². The molecule has 1 fully saturated rings. The highest BCUT2D eigenvalue weighted by Crippen LogP contribution is 2.25. The summed E-state index contributed by atoms with van der Waals surface area (Å²) in [6, 6.07) is 12.2. The smallest absolute Gasteiger partial charge is 0.330 e. The first-order valence-electron chi connectivity index (χ1n) is 8.22. The number of nitrogens with one attached hydrogen (secondary N) is 2. The van der Waals surface area contributed by atoms with Crippen molar-refractivity contribution in [1.29, 1.82) is 0 Å². The molecule has 0 aliphatic carbocycles. The molecule has 0 spiro atoms. The molecule has 1 atom stereocenters. The fourth-order valence-electron chi connectivity index (χ4n) is 3.01. The van der Waals surface area contributed by atoms with Gasteiger partial charge in [-0.2, -0.15) is 0 Å². The molecular formula is C19H19N3O4. The summed E-state index contributed by atoms with van der Waals surface area (Å²) in [4.78, 5) is 37.8. The minimum absolute atomic E-state index is 0.210. The van der Waals surface area contributed by atoms with Crippen LogP contribution in [-0.2, 0) is 4.79 Å². The van der Waals surface area contributed by atoms with Gasteiger partial charge in [0.25, 0.3) is 5.91 Å². The maximum absolute atomic E-state index is 12.7. The Balaban J connectivity index is 1.88. The molecule has 2 aromatic rings. The summed E-state index contributed by atoms with van der Waals surface area (Å²) in [5, 5.41) is 14.8. The fraction of sp³-hybridized carbons (Fsp3) is 0.211. The molecule has 7 heteroatoms. The van der Waals surface area contributed by atoms with Crippen molar-refractivity contribution in [3.8, 4) is 0 Å². The molecular weight excluding hydrogens is 334 g/mol. The van der Waals surface area contributed by atoms with E-state index in [1.54, 1.807) is 60.4 Å². The molecule has 7 nitrogen and oxygen atoms in total. The largest absolute Gasteiger partial charge is 0.479 e. The predicted molar refractivity (Wildman–Crippen MR) is 96.2 cm³/mol. The first kappa shape index (κ1) is 17.5. The fourth-order valence-corrected chi connectivity index (χ4v) is 3.01. The van der Waals surface area contributed by atoms with Gasteiger partial charge < -0.3 is 15.7 Å². The van der Waals surface area contributed by atoms with E-state index in [-0.39, 0.29) is 6.03 Å². The Labute approximate surface area is 150 Å². The van der Waals surface area contributed by atoms with E-state index in [4.69, 9.17) is 0 Å². The van der Waals surface area contributed by atoms with Gasteiger partial charge in [-0.3, -0.25) is 9.69 Å². The second-order valence-corrected chi connectivity index (χ2v) is 5.99. The number of amides is 3. The molecule has 1 aliphatic rings. The monoisotopic (exact) mass is 353 g/mol. The van der Waals surface area contributed by atoms with E-state index in [0.717, 1.165) is 0 Å². The Morgan fingerprint density at radius 1 is 1.15 bits per heavy atom. The summed E-state index contributed by atoms with van der Waals surface area (Å²) in [7, 11) is 0. The lowest BCUT2D eigenvalue weighted by molar-refractivity contribution is -0.139. The summed E-state index contributed by atoms with van der Waals surface area (Å²) in [6.07, 6.45) is 0. The van der Waals surface area contributed by atoms with Crippen LogP contribution < -0.4 is 15.5 Å². The Bertz CT molecular complexity index is 851. The number of hydrogen-bond donors (Lipinski definition) is 3.